The van der Waals surface area contributed by atoms with Crippen molar-refractivity contribution in [2.75, 3.05) is 10.2 Å². The Balaban J connectivity index is 0.961. The normalized spacial score (nSPS) is 14.3. The first kappa shape index (κ1) is 38.9. The van der Waals surface area contributed by atoms with Gasteiger partial charge in [0.15, 0.2) is 0 Å². The molecule has 1 N–H and O–H groups in total. The van der Waals surface area contributed by atoms with E-state index in [0.717, 1.165) is 34.1 Å². The molecule has 12 aromatic carbocycles. The molecule has 70 heavy (non-hydrogen) atoms. The lowest BCUT2D eigenvalue weighted by molar-refractivity contribution is 0.797. The summed E-state index contributed by atoms with van der Waals surface area (Å²) in [7, 11) is 0. The van der Waals surface area contributed by atoms with Crippen molar-refractivity contribution in [3.05, 3.63) is 277 Å². The number of rotatable bonds is 6. The number of nitrogens with one attached hydrogen (secondary N) is 1. The Kier molecular flexibility index (Phi) is 8.28. The Morgan fingerprint density at radius 2 is 0.914 bits per heavy atom. The highest BCUT2D eigenvalue weighted by Crippen LogP contribution is 2.64. The van der Waals surface area contributed by atoms with E-state index in [2.05, 4.69) is 270 Å². The minimum Gasteiger partial charge on any atom is -0.356 e. The van der Waals surface area contributed by atoms with Crippen molar-refractivity contribution in [1.82, 2.24) is 4.57 Å². The van der Waals surface area contributed by atoms with E-state index >= 15 is 0 Å². The Morgan fingerprint density at radius 3 is 1.71 bits per heavy atom. The molecule has 326 valence electrons. The van der Waals surface area contributed by atoms with Crippen molar-refractivity contribution in [2.24, 2.45) is 0 Å². The summed E-state index contributed by atoms with van der Waals surface area (Å²) >= 11 is 0. The zero-order chi connectivity index (χ0) is 45.9. The van der Waals surface area contributed by atoms with Crippen LogP contribution in [0, 0.1) is 0 Å². The highest BCUT2D eigenvalue weighted by molar-refractivity contribution is 6.12. The van der Waals surface area contributed by atoms with Gasteiger partial charge < -0.3 is 14.8 Å². The molecule has 0 bridgehead atoms. The summed E-state index contributed by atoms with van der Waals surface area (Å²) in [5, 5.41) is 13.5. The van der Waals surface area contributed by atoms with Gasteiger partial charge in [-0.3, -0.25) is 0 Å². The fraction of sp³-hybridized carbons (Fsp3) is 0.0149. The molecule has 0 radical (unpaired) electrons. The van der Waals surface area contributed by atoms with Crippen LogP contribution in [0.5, 0.6) is 0 Å². The number of anilines is 5. The van der Waals surface area contributed by atoms with Crippen LogP contribution in [0.15, 0.2) is 255 Å². The van der Waals surface area contributed by atoms with Crippen molar-refractivity contribution >= 4 is 82.6 Å². The fourth-order valence-corrected chi connectivity index (χ4v) is 12.3. The predicted molar refractivity (Wildman–Crippen MR) is 294 cm³/mol. The van der Waals surface area contributed by atoms with Gasteiger partial charge in [0.2, 0.25) is 0 Å². The molecule has 0 aliphatic heterocycles. The highest BCUT2D eigenvalue weighted by Gasteiger charge is 2.52. The van der Waals surface area contributed by atoms with Gasteiger partial charge in [-0.15, -0.1) is 0 Å². The molecule has 0 amide bonds. The van der Waals surface area contributed by atoms with Crippen LogP contribution >= 0.6 is 0 Å². The van der Waals surface area contributed by atoms with Gasteiger partial charge >= 0.3 is 0 Å². The molecule has 2 aliphatic carbocycles. The van der Waals surface area contributed by atoms with Gasteiger partial charge in [0.25, 0.3) is 0 Å². The number of hydrogen-bond acceptors (Lipinski definition) is 2. The van der Waals surface area contributed by atoms with Crippen LogP contribution in [-0.4, -0.2) is 4.57 Å². The lowest BCUT2D eigenvalue weighted by atomic mass is 9.70. The first-order valence-electron chi connectivity index (χ1n) is 24.2. The smallest absolute Gasteiger partial charge is 0.0726 e. The molecule has 2 aliphatic rings. The van der Waals surface area contributed by atoms with Crippen molar-refractivity contribution in [3.63, 3.8) is 0 Å². The Bertz CT molecular complexity index is 4270. The van der Waals surface area contributed by atoms with Crippen LogP contribution in [0.1, 0.15) is 22.3 Å². The number of para-hydroxylation sites is 4. The molecule has 1 atom stereocenters. The second-order valence-corrected chi connectivity index (χ2v) is 18.9. The van der Waals surface area contributed by atoms with Gasteiger partial charge in [-0.05, 0) is 186 Å². The maximum Gasteiger partial charge on any atom is 0.0726 e. The lowest BCUT2D eigenvalue weighted by Gasteiger charge is -2.31. The minimum absolute atomic E-state index is 0.543. The number of nitrogens with zero attached hydrogens (tertiary/aromatic N) is 2. The maximum absolute atomic E-state index is 3.67. The van der Waals surface area contributed by atoms with Crippen LogP contribution in [0.4, 0.5) is 28.4 Å². The molecule has 15 rings (SSSR count). The predicted octanol–water partition coefficient (Wildman–Crippen LogP) is 17.8. The molecule has 3 nitrogen and oxygen atoms in total. The van der Waals surface area contributed by atoms with Gasteiger partial charge in [-0.25, -0.2) is 0 Å². The molecule has 1 unspecified atom stereocenters. The van der Waals surface area contributed by atoms with Crippen molar-refractivity contribution in [3.8, 4) is 27.9 Å². The largest absolute Gasteiger partial charge is 0.356 e. The zero-order valence-electron chi connectivity index (χ0n) is 38.1. The van der Waals surface area contributed by atoms with Gasteiger partial charge in [0, 0.05) is 44.9 Å². The quantitative estimate of drug-likeness (QED) is 0.179. The second kappa shape index (κ2) is 14.9. The summed E-state index contributed by atoms with van der Waals surface area (Å²) in [6.07, 6.45) is 0. The van der Waals surface area contributed by atoms with Gasteiger partial charge in [-0.1, -0.05) is 146 Å². The molecule has 3 heteroatoms. The minimum atomic E-state index is -0.543. The topological polar surface area (TPSA) is 20.2 Å². The van der Waals surface area contributed by atoms with E-state index in [1.807, 2.05) is 0 Å². The van der Waals surface area contributed by atoms with Crippen LogP contribution in [0.2, 0.25) is 0 Å². The molecule has 1 heterocycles. The summed E-state index contributed by atoms with van der Waals surface area (Å²) in [5.41, 5.74) is 19.0. The summed E-state index contributed by atoms with van der Waals surface area (Å²) in [6.45, 7) is 0. The maximum atomic E-state index is 3.67. The van der Waals surface area contributed by atoms with E-state index < -0.39 is 5.41 Å². The van der Waals surface area contributed by atoms with E-state index in [1.165, 1.54) is 98.6 Å². The van der Waals surface area contributed by atoms with Crippen LogP contribution in [0.3, 0.4) is 0 Å². The Hall–Kier alpha value is -9.18. The van der Waals surface area contributed by atoms with E-state index in [0.29, 0.717) is 0 Å². The summed E-state index contributed by atoms with van der Waals surface area (Å²) < 4.78 is 2.39. The highest BCUT2D eigenvalue weighted by atomic mass is 15.1. The standard InChI is InChI=1S/C67H43N3/c1-4-17-48(18-5-1)68-49-31-28-44-38-57-58-39-45-29-32-52(69(50-19-6-2-7-20-50)53-33-35-65-59(42-53)55-24-13-15-27-64(55)70(65)51-21-8-3-9-22-51)37-47(45)41-63(58)67(62(57)40-46(44)36-49)60-26-14-12-25-56(60)66-54-23-11-10-16-43(54)30-34-61(66)67/h1-42,68H. The average molecular weight is 890 g/mol. The van der Waals surface area contributed by atoms with Crippen molar-refractivity contribution in [1.29, 1.82) is 0 Å². The summed E-state index contributed by atoms with van der Waals surface area (Å²) in [5.74, 6) is 0. The van der Waals surface area contributed by atoms with E-state index in [1.54, 1.807) is 0 Å². The first-order chi connectivity index (χ1) is 34.7. The number of hydrogen-bond donors (Lipinski definition) is 1. The van der Waals surface area contributed by atoms with Crippen molar-refractivity contribution in [2.45, 2.75) is 5.41 Å². The van der Waals surface area contributed by atoms with Crippen molar-refractivity contribution < 1.29 is 0 Å². The Morgan fingerprint density at radius 1 is 0.314 bits per heavy atom. The third-order valence-corrected chi connectivity index (χ3v) is 15.2. The van der Waals surface area contributed by atoms with Gasteiger partial charge in [0.1, 0.15) is 0 Å². The summed E-state index contributed by atoms with van der Waals surface area (Å²) in [6, 6.07) is 94.4. The van der Waals surface area contributed by atoms with E-state index in [9.17, 15) is 0 Å². The summed E-state index contributed by atoms with van der Waals surface area (Å²) in [4.78, 5) is 2.42. The number of aromatic nitrogens is 1. The molecule has 1 spiro atoms. The first-order valence-corrected chi connectivity index (χ1v) is 24.2. The van der Waals surface area contributed by atoms with Crippen LogP contribution in [0.25, 0.3) is 82.1 Å². The second-order valence-electron chi connectivity index (χ2n) is 18.9. The van der Waals surface area contributed by atoms with Crippen LogP contribution < -0.4 is 10.2 Å². The SMILES string of the molecule is c1ccc(Nc2ccc3cc4c(cc3c2)C2(c3cc5cc(N(c6ccccc6)c6ccc7c(c6)c6ccccc6n7-c6ccccc6)ccc5cc3-4)c3ccccc3-c3c2ccc2ccccc32)cc1. The van der Waals surface area contributed by atoms with Crippen LogP contribution in [-0.2, 0) is 5.41 Å². The third-order valence-electron chi connectivity index (χ3n) is 15.2. The lowest BCUT2D eigenvalue weighted by Crippen LogP contribution is -2.25. The number of benzene rings is 12. The number of fused-ring (bicyclic) bond motifs is 17. The average Bonchev–Trinajstić information content (AvgIpc) is 4.01. The molecule has 0 fully saturated rings. The van der Waals surface area contributed by atoms with E-state index in [4.69, 9.17) is 0 Å². The van der Waals surface area contributed by atoms with E-state index in [-0.39, 0.29) is 0 Å². The zero-order valence-corrected chi connectivity index (χ0v) is 38.1. The molecule has 0 saturated heterocycles. The Labute approximate surface area is 405 Å². The van der Waals surface area contributed by atoms with Gasteiger partial charge in [-0.2, -0.15) is 0 Å². The molecular weight excluding hydrogens is 847 g/mol. The fourth-order valence-electron chi connectivity index (χ4n) is 12.3. The molecule has 13 aromatic rings. The molecule has 1 aromatic heterocycles. The third kappa shape index (κ3) is 5.57. The molecule has 0 saturated carbocycles. The monoisotopic (exact) mass is 889 g/mol. The molecular formula is C67H43N3. The van der Waals surface area contributed by atoms with Gasteiger partial charge in [0.05, 0.1) is 16.4 Å².